The van der Waals surface area contributed by atoms with Crippen LogP contribution in [0.4, 0.5) is 0 Å². The lowest BCUT2D eigenvalue weighted by atomic mass is 9.97. The summed E-state index contributed by atoms with van der Waals surface area (Å²) in [7, 11) is 1.64. The van der Waals surface area contributed by atoms with Crippen LogP contribution in [0.3, 0.4) is 0 Å². The molecule has 2 heterocycles. The Kier molecular flexibility index (Phi) is 6.72. The molecule has 0 unspecified atom stereocenters. The fourth-order valence-corrected chi connectivity index (χ4v) is 2.89. The topological polar surface area (TPSA) is 60.8 Å². The number of hydrogen-bond donors (Lipinski definition) is 0. The number of rotatable bonds is 8. The number of carbonyl (C=O) groups is 1. The Balaban J connectivity index is 2.55. The molecule has 0 fully saturated rings. The molecule has 0 N–H and O–H groups in total. The van der Waals surface area contributed by atoms with Gasteiger partial charge in [0.05, 0.1) is 31.3 Å². The average molecular weight is 368 g/mol. The maximum Gasteiger partial charge on any atom is 0.148 e. The number of pyridine rings is 1. The normalized spacial score (nSPS) is 14.9. The third kappa shape index (κ3) is 4.73. The van der Waals surface area contributed by atoms with Crippen molar-refractivity contribution in [1.82, 2.24) is 4.98 Å². The molecule has 0 amide bonds. The molecular formula is C22H28N2O3. The Hall–Kier alpha value is -2.69. The molecule has 0 radical (unpaired) electrons. The van der Waals surface area contributed by atoms with Gasteiger partial charge in [-0.2, -0.15) is 0 Å². The van der Waals surface area contributed by atoms with E-state index in [0.29, 0.717) is 30.3 Å². The molecule has 0 saturated heterocycles. The molecular weight excluding hydrogens is 340 g/mol. The Morgan fingerprint density at radius 2 is 2.07 bits per heavy atom. The summed E-state index contributed by atoms with van der Waals surface area (Å²) in [5, 5.41) is 0. The SMILES string of the molecule is C=C(C)/C(=C(/C)OC)c1cc(C2=NC(C)=C(C=O)C2)ncc1OCC(C)C. The van der Waals surface area contributed by atoms with E-state index in [4.69, 9.17) is 9.47 Å². The highest BCUT2D eigenvalue weighted by Gasteiger charge is 2.21. The van der Waals surface area contributed by atoms with Crippen molar-refractivity contribution in [2.45, 2.75) is 41.0 Å². The molecule has 5 nitrogen and oxygen atoms in total. The molecule has 0 bridgehead atoms. The van der Waals surface area contributed by atoms with Gasteiger partial charge >= 0.3 is 0 Å². The van der Waals surface area contributed by atoms with Crippen LogP contribution in [0.15, 0.2) is 46.4 Å². The Labute approximate surface area is 161 Å². The Morgan fingerprint density at radius 1 is 1.37 bits per heavy atom. The van der Waals surface area contributed by atoms with Crippen molar-refractivity contribution in [3.63, 3.8) is 0 Å². The average Bonchev–Trinajstić information content (AvgIpc) is 3.00. The number of aromatic nitrogens is 1. The zero-order chi connectivity index (χ0) is 20.1. The first kappa shape index (κ1) is 20.6. The number of aliphatic imine (C=N–C) groups is 1. The predicted octanol–water partition coefficient (Wildman–Crippen LogP) is 4.74. The summed E-state index contributed by atoms with van der Waals surface area (Å²) in [4.78, 5) is 20.2. The van der Waals surface area contributed by atoms with Crippen molar-refractivity contribution in [2.75, 3.05) is 13.7 Å². The first-order valence-corrected chi connectivity index (χ1v) is 9.05. The number of allylic oxidation sites excluding steroid dienone is 5. The second-order valence-electron chi connectivity index (χ2n) is 7.15. The van der Waals surface area contributed by atoms with E-state index in [2.05, 4.69) is 30.4 Å². The van der Waals surface area contributed by atoms with Crippen LogP contribution in [-0.2, 0) is 9.53 Å². The van der Waals surface area contributed by atoms with Crippen LogP contribution in [-0.4, -0.2) is 30.7 Å². The molecule has 0 aromatic carbocycles. The second kappa shape index (κ2) is 8.80. The summed E-state index contributed by atoms with van der Waals surface area (Å²) < 4.78 is 11.5. The molecule has 2 rings (SSSR count). The molecule has 27 heavy (non-hydrogen) atoms. The number of methoxy groups -OCH3 is 1. The van der Waals surface area contributed by atoms with Gasteiger partial charge in [-0.25, -0.2) is 0 Å². The quantitative estimate of drug-likeness (QED) is 0.378. The first-order chi connectivity index (χ1) is 12.8. The van der Waals surface area contributed by atoms with Crippen LogP contribution in [0.5, 0.6) is 5.75 Å². The van der Waals surface area contributed by atoms with Gasteiger partial charge in [-0.1, -0.05) is 20.4 Å². The maximum atomic E-state index is 11.2. The van der Waals surface area contributed by atoms with Crippen molar-refractivity contribution in [1.29, 1.82) is 0 Å². The summed E-state index contributed by atoms with van der Waals surface area (Å²) in [6.45, 7) is 14.6. The van der Waals surface area contributed by atoms with Gasteiger partial charge < -0.3 is 9.47 Å². The highest BCUT2D eigenvalue weighted by molar-refractivity contribution is 6.07. The van der Waals surface area contributed by atoms with Crippen LogP contribution in [0, 0.1) is 5.92 Å². The third-order valence-corrected chi connectivity index (χ3v) is 4.36. The third-order valence-electron chi connectivity index (χ3n) is 4.36. The molecule has 0 spiro atoms. The maximum absolute atomic E-state index is 11.2. The molecule has 1 aliphatic rings. The van der Waals surface area contributed by atoms with Crippen LogP contribution >= 0.6 is 0 Å². The number of nitrogens with zero attached hydrogens (tertiary/aromatic N) is 2. The molecule has 0 atom stereocenters. The number of aldehydes is 1. The molecule has 0 aliphatic carbocycles. The first-order valence-electron chi connectivity index (χ1n) is 9.05. The van der Waals surface area contributed by atoms with Gasteiger partial charge in [0, 0.05) is 28.8 Å². The van der Waals surface area contributed by atoms with Crippen LogP contribution in [0.2, 0.25) is 0 Å². The van der Waals surface area contributed by atoms with Crippen LogP contribution in [0.1, 0.15) is 52.3 Å². The lowest BCUT2D eigenvalue weighted by Gasteiger charge is -2.18. The van der Waals surface area contributed by atoms with Gasteiger partial charge in [0.15, 0.2) is 0 Å². The lowest BCUT2D eigenvalue weighted by molar-refractivity contribution is -0.105. The van der Waals surface area contributed by atoms with E-state index in [1.54, 1.807) is 13.3 Å². The smallest absolute Gasteiger partial charge is 0.148 e. The van der Waals surface area contributed by atoms with Crippen molar-refractivity contribution >= 4 is 17.6 Å². The van der Waals surface area contributed by atoms with E-state index in [1.165, 1.54) is 0 Å². The highest BCUT2D eigenvalue weighted by atomic mass is 16.5. The van der Waals surface area contributed by atoms with E-state index < -0.39 is 0 Å². The van der Waals surface area contributed by atoms with Crippen molar-refractivity contribution < 1.29 is 14.3 Å². The summed E-state index contributed by atoms with van der Waals surface area (Å²) in [6, 6.07) is 1.95. The largest absolute Gasteiger partial charge is 0.501 e. The lowest BCUT2D eigenvalue weighted by Crippen LogP contribution is -2.10. The molecule has 5 heteroatoms. The highest BCUT2D eigenvalue weighted by Crippen LogP contribution is 2.34. The van der Waals surface area contributed by atoms with E-state index in [0.717, 1.165) is 45.9 Å². The number of carbonyl (C=O) groups excluding carboxylic acids is 1. The minimum Gasteiger partial charge on any atom is -0.501 e. The van der Waals surface area contributed by atoms with Gasteiger partial charge in [-0.3, -0.25) is 14.8 Å². The van der Waals surface area contributed by atoms with Gasteiger partial charge in [0.2, 0.25) is 0 Å². The number of ether oxygens (including phenoxy) is 2. The Morgan fingerprint density at radius 3 is 2.59 bits per heavy atom. The van der Waals surface area contributed by atoms with Gasteiger partial charge in [-0.05, 0) is 38.3 Å². The molecule has 144 valence electrons. The molecule has 1 aromatic heterocycles. The molecule has 1 aromatic rings. The standard InChI is InChI=1S/C22H28N2O3/c1-13(2)12-27-21-10-23-19(20-8-17(11-25)15(5)24-20)9-18(21)22(14(3)4)16(6)26-7/h9-11,13H,3,8,12H2,1-2,4-7H3/b22-16+. The van der Waals surface area contributed by atoms with Gasteiger partial charge in [0.25, 0.3) is 0 Å². The zero-order valence-corrected chi connectivity index (χ0v) is 17.0. The van der Waals surface area contributed by atoms with E-state index in [1.807, 2.05) is 26.8 Å². The minimum absolute atomic E-state index is 0.388. The fraction of sp³-hybridized carbons (Fsp3) is 0.409. The van der Waals surface area contributed by atoms with Gasteiger partial charge in [0.1, 0.15) is 17.8 Å². The summed E-state index contributed by atoms with van der Waals surface area (Å²) in [5.74, 6) is 1.82. The van der Waals surface area contributed by atoms with Gasteiger partial charge in [-0.15, -0.1) is 0 Å². The van der Waals surface area contributed by atoms with Crippen LogP contribution in [0.25, 0.3) is 5.57 Å². The second-order valence-corrected chi connectivity index (χ2v) is 7.15. The zero-order valence-electron chi connectivity index (χ0n) is 17.0. The van der Waals surface area contributed by atoms with Crippen molar-refractivity contribution in [3.05, 3.63) is 52.7 Å². The minimum atomic E-state index is 0.388. The van der Waals surface area contributed by atoms with Crippen molar-refractivity contribution in [2.24, 2.45) is 10.9 Å². The predicted molar refractivity (Wildman–Crippen MR) is 109 cm³/mol. The molecule has 1 aliphatic heterocycles. The summed E-state index contributed by atoms with van der Waals surface area (Å²) >= 11 is 0. The van der Waals surface area contributed by atoms with Crippen molar-refractivity contribution in [3.8, 4) is 5.75 Å². The van der Waals surface area contributed by atoms with E-state index >= 15 is 0 Å². The molecule has 0 saturated carbocycles. The van der Waals surface area contributed by atoms with E-state index in [-0.39, 0.29) is 0 Å². The number of hydrogen-bond acceptors (Lipinski definition) is 5. The fourth-order valence-electron chi connectivity index (χ4n) is 2.89. The van der Waals surface area contributed by atoms with Crippen LogP contribution < -0.4 is 4.74 Å². The van der Waals surface area contributed by atoms with E-state index in [9.17, 15) is 4.79 Å². The Bertz CT molecular complexity index is 845. The summed E-state index contributed by atoms with van der Waals surface area (Å²) in [5.41, 5.74) is 5.57. The monoisotopic (exact) mass is 368 g/mol. The summed E-state index contributed by atoms with van der Waals surface area (Å²) in [6.07, 6.45) is 3.07.